The molecule has 0 atom stereocenters. The lowest BCUT2D eigenvalue weighted by Gasteiger charge is -2.10. The van der Waals surface area contributed by atoms with Crippen molar-refractivity contribution in [3.63, 3.8) is 0 Å². The van der Waals surface area contributed by atoms with Crippen molar-refractivity contribution < 1.29 is 14.3 Å². The first kappa shape index (κ1) is 23.3. The van der Waals surface area contributed by atoms with Gasteiger partial charge < -0.3 is 19.9 Å². The third-order valence-corrected chi connectivity index (χ3v) is 5.81. The van der Waals surface area contributed by atoms with Crippen molar-refractivity contribution in [3.05, 3.63) is 65.0 Å². The molecule has 0 unspecified atom stereocenters. The number of hydrogen-bond acceptors (Lipinski definition) is 6. The number of ether oxygens (including phenoxy) is 1. The van der Waals surface area contributed by atoms with Gasteiger partial charge in [-0.05, 0) is 56.2 Å². The highest BCUT2D eigenvalue weighted by Crippen LogP contribution is 2.20. The zero-order chi connectivity index (χ0) is 23.1. The first-order valence-electron chi connectivity index (χ1n) is 10.3. The molecule has 0 aliphatic rings. The van der Waals surface area contributed by atoms with E-state index in [0.29, 0.717) is 28.8 Å². The molecule has 0 saturated heterocycles. The number of carbonyl (C=O) groups excluding carboxylic acids is 2. The Balaban J connectivity index is 1.58. The number of aryl methyl sites for hydroxylation is 2. The predicted octanol–water partition coefficient (Wildman–Crippen LogP) is 3.58. The third kappa shape index (κ3) is 5.88. The van der Waals surface area contributed by atoms with Crippen molar-refractivity contribution in [1.82, 2.24) is 20.1 Å². The summed E-state index contributed by atoms with van der Waals surface area (Å²) in [7, 11) is 1.56. The summed E-state index contributed by atoms with van der Waals surface area (Å²) < 4.78 is 7.05. The summed E-state index contributed by atoms with van der Waals surface area (Å²) >= 11 is 1.31. The van der Waals surface area contributed by atoms with E-state index >= 15 is 0 Å². The fraction of sp³-hybridized carbons (Fsp3) is 0.304. The van der Waals surface area contributed by atoms with Crippen LogP contribution in [0, 0.1) is 13.8 Å². The first-order valence-corrected chi connectivity index (χ1v) is 11.2. The first-order chi connectivity index (χ1) is 15.4. The summed E-state index contributed by atoms with van der Waals surface area (Å²) in [6.45, 7) is 6.77. The normalized spacial score (nSPS) is 10.6. The number of amides is 2. The van der Waals surface area contributed by atoms with Crippen LogP contribution < -0.4 is 15.4 Å². The summed E-state index contributed by atoms with van der Waals surface area (Å²) in [5.41, 5.74) is 3.42. The lowest BCUT2D eigenvalue weighted by molar-refractivity contribution is -0.113. The molecule has 0 saturated carbocycles. The van der Waals surface area contributed by atoms with Crippen molar-refractivity contribution in [1.29, 1.82) is 0 Å². The lowest BCUT2D eigenvalue weighted by atomic mass is 10.1. The third-order valence-electron chi connectivity index (χ3n) is 4.85. The second-order valence-corrected chi connectivity index (χ2v) is 8.16. The monoisotopic (exact) mass is 453 g/mol. The molecule has 0 fully saturated rings. The molecule has 0 spiro atoms. The van der Waals surface area contributed by atoms with E-state index in [2.05, 4.69) is 20.8 Å². The van der Waals surface area contributed by atoms with E-state index in [1.54, 1.807) is 31.4 Å². The minimum Gasteiger partial charge on any atom is -0.497 e. The van der Waals surface area contributed by atoms with Crippen LogP contribution in [0.5, 0.6) is 5.75 Å². The number of benzene rings is 2. The van der Waals surface area contributed by atoms with Gasteiger partial charge in [-0.1, -0.05) is 30.0 Å². The van der Waals surface area contributed by atoms with Crippen LogP contribution >= 0.6 is 11.8 Å². The molecule has 9 heteroatoms. The van der Waals surface area contributed by atoms with Crippen molar-refractivity contribution in [2.75, 3.05) is 18.2 Å². The molecule has 2 amide bonds. The molecule has 0 bridgehead atoms. The summed E-state index contributed by atoms with van der Waals surface area (Å²) in [5.74, 6) is 1.12. The lowest BCUT2D eigenvalue weighted by Crippen LogP contribution is -2.24. The van der Waals surface area contributed by atoms with Crippen molar-refractivity contribution >= 4 is 29.3 Å². The van der Waals surface area contributed by atoms with E-state index in [1.165, 1.54) is 11.8 Å². The Bertz CT molecular complexity index is 1110. The molecule has 2 N–H and O–H groups in total. The molecule has 0 aliphatic carbocycles. The van der Waals surface area contributed by atoms with E-state index < -0.39 is 0 Å². The van der Waals surface area contributed by atoms with Crippen molar-refractivity contribution in [2.45, 2.75) is 39.0 Å². The summed E-state index contributed by atoms with van der Waals surface area (Å²) in [5, 5.41) is 14.8. The largest absolute Gasteiger partial charge is 0.497 e. The molecule has 8 nitrogen and oxygen atoms in total. The maximum absolute atomic E-state index is 12.5. The van der Waals surface area contributed by atoms with Crippen LogP contribution in [0.3, 0.4) is 0 Å². The van der Waals surface area contributed by atoms with Crippen LogP contribution in [0.2, 0.25) is 0 Å². The molecule has 168 valence electrons. The minimum absolute atomic E-state index is 0.109. The molecule has 3 rings (SSSR count). The molecule has 2 aromatic carbocycles. The topological polar surface area (TPSA) is 98.1 Å². The van der Waals surface area contributed by atoms with E-state index in [-0.39, 0.29) is 24.1 Å². The van der Waals surface area contributed by atoms with E-state index in [9.17, 15) is 9.59 Å². The van der Waals surface area contributed by atoms with Gasteiger partial charge in [-0.25, -0.2) is 0 Å². The van der Waals surface area contributed by atoms with Gasteiger partial charge in [-0.15, -0.1) is 10.2 Å². The molecule has 1 heterocycles. The number of thioether (sulfide) groups is 1. The second kappa shape index (κ2) is 10.8. The Morgan fingerprint density at radius 1 is 1.12 bits per heavy atom. The molecule has 0 radical (unpaired) electrons. The number of methoxy groups -OCH3 is 1. The maximum atomic E-state index is 12.5. The van der Waals surface area contributed by atoms with Gasteiger partial charge in [0.05, 0.1) is 19.4 Å². The van der Waals surface area contributed by atoms with Crippen LogP contribution in [-0.2, 0) is 17.9 Å². The zero-order valence-corrected chi connectivity index (χ0v) is 19.5. The Morgan fingerprint density at radius 2 is 1.94 bits per heavy atom. The molecule has 1 aromatic heterocycles. The number of anilines is 1. The Kier molecular flexibility index (Phi) is 7.88. The van der Waals surface area contributed by atoms with E-state index in [0.717, 1.165) is 16.8 Å². The molecule has 0 aliphatic heterocycles. The minimum atomic E-state index is -0.225. The average Bonchev–Trinajstić information content (AvgIpc) is 3.20. The number of nitrogens with one attached hydrogen (secondary N) is 2. The van der Waals surface area contributed by atoms with Crippen LogP contribution in [-0.4, -0.2) is 39.4 Å². The summed E-state index contributed by atoms with van der Waals surface area (Å²) in [4.78, 5) is 24.9. The van der Waals surface area contributed by atoms with Gasteiger partial charge in [0.15, 0.2) is 11.0 Å². The van der Waals surface area contributed by atoms with Crippen molar-refractivity contribution in [3.8, 4) is 5.75 Å². The standard InChI is InChI=1S/C23H27N5O3S/c1-5-28-20(13-24-22(30)17-7-6-8-18(12-17)31-4)26-27-23(28)32-14-21(29)25-19-11-15(2)9-10-16(19)3/h6-12H,5,13-14H2,1-4H3,(H,24,30)(H,25,29). The van der Waals surface area contributed by atoms with Gasteiger partial charge in [0.2, 0.25) is 5.91 Å². The summed E-state index contributed by atoms with van der Waals surface area (Å²) in [6.07, 6.45) is 0. The van der Waals surface area contributed by atoms with E-state index in [1.807, 2.05) is 43.5 Å². The van der Waals surface area contributed by atoms with Gasteiger partial charge in [0, 0.05) is 17.8 Å². The van der Waals surface area contributed by atoms with Crippen LogP contribution in [0.15, 0.2) is 47.6 Å². The number of hydrogen-bond donors (Lipinski definition) is 2. The SMILES string of the molecule is CCn1c(CNC(=O)c2cccc(OC)c2)nnc1SCC(=O)Nc1cc(C)ccc1C. The number of aromatic nitrogens is 3. The highest BCUT2D eigenvalue weighted by atomic mass is 32.2. The fourth-order valence-electron chi connectivity index (χ4n) is 3.09. The molecule has 32 heavy (non-hydrogen) atoms. The zero-order valence-electron chi connectivity index (χ0n) is 18.6. The van der Waals surface area contributed by atoms with Gasteiger partial charge in [-0.3, -0.25) is 9.59 Å². The average molecular weight is 454 g/mol. The fourth-order valence-corrected chi connectivity index (χ4v) is 3.91. The highest BCUT2D eigenvalue weighted by Gasteiger charge is 2.15. The summed E-state index contributed by atoms with van der Waals surface area (Å²) in [6, 6.07) is 12.9. The van der Waals surface area contributed by atoms with Gasteiger partial charge in [0.25, 0.3) is 5.91 Å². The Hall–Kier alpha value is -3.33. The smallest absolute Gasteiger partial charge is 0.251 e. The van der Waals surface area contributed by atoms with Gasteiger partial charge >= 0.3 is 0 Å². The highest BCUT2D eigenvalue weighted by molar-refractivity contribution is 7.99. The number of carbonyl (C=O) groups is 2. The molecule has 3 aromatic rings. The second-order valence-electron chi connectivity index (χ2n) is 7.21. The Labute approximate surface area is 191 Å². The quantitative estimate of drug-likeness (QED) is 0.481. The maximum Gasteiger partial charge on any atom is 0.251 e. The Morgan fingerprint density at radius 3 is 2.69 bits per heavy atom. The van der Waals surface area contributed by atoms with Crippen LogP contribution in [0.1, 0.15) is 34.2 Å². The van der Waals surface area contributed by atoms with Crippen LogP contribution in [0.4, 0.5) is 5.69 Å². The molecular formula is C23H27N5O3S. The van der Waals surface area contributed by atoms with Gasteiger partial charge in [0.1, 0.15) is 5.75 Å². The van der Waals surface area contributed by atoms with Crippen molar-refractivity contribution in [2.24, 2.45) is 0 Å². The molecular weight excluding hydrogens is 426 g/mol. The predicted molar refractivity (Wildman–Crippen MR) is 125 cm³/mol. The number of rotatable bonds is 9. The van der Waals surface area contributed by atoms with Crippen LogP contribution in [0.25, 0.3) is 0 Å². The number of nitrogens with zero attached hydrogens (tertiary/aromatic N) is 3. The van der Waals surface area contributed by atoms with E-state index in [4.69, 9.17) is 4.74 Å². The van der Waals surface area contributed by atoms with Gasteiger partial charge in [-0.2, -0.15) is 0 Å².